The van der Waals surface area contributed by atoms with E-state index in [1.165, 1.54) is 5.39 Å². The first-order valence-corrected chi connectivity index (χ1v) is 8.96. The van der Waals surface area contributed by atoms with Crippen molar-refractivity contribution < 1.29 is 0 Å². The van der Waals surface area contributed by atoms with Gasteiger partial charge in [0.05, 0.1) is 0 Å². The topological polar surface area (TPSA) is 39.8 Å². The van der Waals surface area contributed by atoms with Crippen LogP contribution in [0.3, 0.4) is 0 Å². The van der Waals surface area contributed by atoms with E-state index in [0.29, 0.717) is 5.92 Å². The lowest BCUT2D eigenvalue weighted by Crippen LogP contribution is -2.17. The van der Waals surface area contributed by atoms with Crippen LogP contribution in [0, 0.1) is 11.8 Å². The van der Waals surface area contributed by atoms with Gasteiger partial charge in [0.25, 0.3) is 0 Å². The molecule has 3 heteroatoms. The predicted octanol–water partition coefficient (Wildman–Crippen LogP) is 6.42. The summed E-state index contributed by atoms with van der Waals surface area (Å²) in [6, 6.07) is 8.26. The Balaban J connectivity index is 0.000000705. The minimum Gasteiger partial charge on any atom is -0.361 e. The number of hydrogen-bond acceptors (Lipinski definition) is 2. The molecule has 0 amide bonds. The van der Waals surface area contributed by atoms with Gasteiger partial charge in [-0.05, 0) is 48.4 Å². The number of anilines is 1. The van der Waals surface area contributed by atoms with Crippen LogP contribution >= 0.6 is 0 Å². The van der Waals surface area contributed by atoms with Crippen LogP contribution in [0.25, 0.3) is 10.9 Å². The first kappa shape index (κ1) is 20.6. The highest BCUT2D eigenvalue weighted by molar-refractivity contribution is 5.83. The fourth-order valence-corrected chi connectivity index (χ4v) is 2.18. The molecule has 0 saturated heterocycles. The SMILES string of the molecule is C=C(NC(/C=C\C)=C/C(C)C)Nc1ccc2cc[nH]c2c1.CC(C)C. The lowest BCUT2D eigenvalue weighted by atomic mass is 10.2. The maximum atomic E-state index is 4.04. The molecule has 136 valence electrons. The molecule has 1 heterocycles. The first-order valence-electron chi connectivity index (χ1n) is 8.96. The zero-order chi connectivity index (χ0) is 18.8. The van der Waals surface area contributed by atoms with Gasteiger partial charge in [-0.25, -0.2) is 0 Å². The third-order valence-corrected chi connectivity index (χ3v) is 3.00. The van der Waals surface area contributed by atoms with Gasteiger partial charge in [0.2, 0.25) is 0 Å². The molecule has 0 spiro atoms. The Bertz CT molecular complexity index is 715. The van der Waals surface area contributed by atoms with Crippen molar-refractivity contribution in [2.24, 2.45) is 11.8 Å². The maximum Gasteiger partial charge on any atom is 0.100 e. The van der Waals surface area contributed by atoms with E-state index in [2.05, 4.69) is 81.1 Å². The van der Waals surface area contributed by atoms with E-state index in [-0.39, 0.29) is 0 Å². The number of fused-ring (bicyclic) bond motifs is 1. The third-order valence-electron chi connectivity index (χ3n) is 3.00. The Kier molecular flexibility index (Phi) is 8.62. The van der Waals surface area contributed by atoms with Gasteiger partial charge in [-0.15, -0.1) is 0 Å². The summed E-state index contributed by atoms with van der Waals surface area (Å²) in [5.41, 5.74) is 3.16. The molecule has 0 aliphatic heterocycles. The van der Waals surface area contributed by atoms with Gasteiger partial charge in [-0.1, -0.05) is 59.4 Å². The van der Waals surface area contributed by atoms with Crippen molar-refractivity contribution in [2.45, 2.75) is 41.5 Å². The monoisotopic (exact) mass is 339 g/mol. The zero-order valence-electron chi connectivity index (χ0n) is 16.5. The summed E-state index contributed by atoms with van der Waals surface area (Å²) in [4.78, 5) is 3.21. The number of benzene rings is 1. The number of nitrogens with one attached hydrogen (secondary N) is 3. The fourth-order valence-electron chi connectivity index (χ4n) is 2.18. The highest BCUT2D eigenvalue weighted by Crippen LogP contribution is 2.18. The van der Waals surface area contributed by atoms with Crippen molar-refractivity contribution in [2.75, 3.05) is 5.32 Å². The van der Waals surface area contributed by atoms with E-state index in [9.17, 15) is 0 Å². The van der Waals surface area contributed by atoms with Crippen molar-refractivity contribution in [3.05, 3.63) is 66.8 Å². The van der Waals surface area contributed by atoms with Gasteiger partial charge in [0.1, 0.15) is 5.82 Å². The van der Waals surface area contributed by atoms with Crippen molar-refractivity contribution in [3.8, 4) is 0 Å². The van der Waals surface area contributed by atoms with E-state index < -0.39 is 0 Å². The molecule has 3 nitrogen and oxygen atoms in total. The predicted molar refractivity (Wildman–Crippen MR) is 112 cm³/mol. The second-order valence-corrected chi connectivity index (χ2v) is 7.11. The van der Waals surface area contributed by atoms with E-state index >= 15 is 0 Å². The Labute approximate surface area is 152 Å². The van der Waals surface area contributed by atoms with Crippen LogP contribution in [-0.2, 0) is 0 Å². The fraction of sp³-hybridized carbons (Fsp3) is 0.364. The van der Waals surface area contributed by atoms with Crippen molar-refractivity contribution in [1.82, 2.24) is 10.3 Å². The van der Waals surface area contributed by atoms with Crippen LogP contribution < -0.4 is 10.6 Å². The summed E-state index contributed by atoms with van der Waals surface area (Å²) >= 11 is 0. The Morgan fingerprint density at radius 1 is 1.12 bits per heavy atom. The lowest BCUT2D eigenvalue weighted by molar-refractivity contribution is 0.737. The van der Waals surface area contributed by atoms with Gasteiger partial charge in [-0.3, -0.25) is 0 Å². The second-order valence-electron chi connectivity index (χ2n) is 7.11. The number of aromatic nitrogens is 1. The molecule has 0 atom stereocenters. The van der Waals surface area contributed by atoms with Crippen LogP contribution in [0.5, 0.6) is 0 Å². The average Bonchev–Trinajstić information content (AvgIpc) is 2.93. The summed E-state index contributed by atoms with van der Waals surface area (Å²) in [7, 11) is 0. The molecule has 0 fully saturated rings. The maximum absolute atomic E-state index is 4.04. The van der Waals surface area contributed by atoms with E-state index in [4.69, 9.17) is 0 Å². The number of aromatic amines is 1. The van der Waals surface area contributed by atoms with Crippen LogP contribution in [0.4, 0.5) is 5.69 Å². The molecule has 0 saturated carbocycles. The molecule has 1 aromatic carbocycles. The van der Waals surface area contributed by atoms with Gasteiger partial charge in [-0.2, -0.15) is 0 Å². The summed E-state index contributed by atoms with van der Waals surface area (Å²) in [5, 5.41) is 7.79. The Hall–Kier alpha value is -2.42. The summed E-state index contributed by atoms with van der Waals surface area (Å²) in [5.74, 6) is 2.07. The van der Waals surface area contributed by atoms with Crippen molar-refractivity contribution in [3.63, 3.8) is 0 Å². The molecular formula is C22H33N3. The van der Waals surface area contributed by atoms with Crippen LogP contribution in [0.15, 0.2) is 66.8 Å². The van der Waals surface area contributed by atoms with Crippen molar-refractivity contribution >= 4 is 16.6 Å². The minimum atomic E-state index is 0.478. The number of H-pyrrole nitrogens is 1. The van der Waals surface area contributed by atoms with E-state index in [1.807, 2.05) is 31.3 Å². The highest BCUT2D eigenvalue weighted by Gasteiger charge is 2.00. The zero-order valence-corrected chi connectivity index (χ0v) is 16.5. The summed E-state index contributed by atoms with van der Waals surface area (Å²) in [6.07, 6.45) is 8.17. The van der Waals surface area contributed by atoms with Crippen LogP contribution in [-0.4, -0.2) is 4.98 Å². The highest BCUT2D eigenvalue weighted by atomic mass is 15.1. The molecule has 1 aromatic heterocycles. The number of allylic oxidation sites excluding steroid dienone is 3. The second kappa shape index (κ2) is 10.4. The Morgan fingerprint density at radius 3 is 2.40 bits per heavy atom. The smallest absolute Gasteiger partial charge is 0.100 e. The van der Waals surface area contributed by atoms with E-state index in [1.54, 1.807) is 0 Å². The normalized spacial score (nSPS) is 11.8. The molecule has 0 unspecified atom stereocenters. The van der Waals surface area contributed by atoms with Gasteiger partial charge in [0, 0.05) is 23.1 Å². The van der Waals surface area contributed by atoms with Crippen molar-refractivity contribution in [1.29, 1.82) is 0 Å². The average molecular weight is 340 g/mol. The summed E-state index contributed by atoms with van der Waals surface area (Å²) < 4.78 is 0. The molecule has 0 radical (unpaired) electrons. The molecule has 2 aromatic rings. The molecule has 0 aliphatic carbocycles. The number of hydrogen-bond donors (Lipinski definition) is 3. The molecule has 0 aliphatic rings. The molecule has 2 rings (SSSR count). The quantitative estimate of drug-likeness (QED) is 0.531. The molecule has 25 heavy (non-hydrogen) atoms. The summed E-state index contributed by atoms with van der Waals surface area (Å²) in [6.45, 7) is 16.9. The minimum absolute atomic E-state index is 0.478. The first-order chi connectivity index (χ1) is 11.8. The van der Waals surface area contributed by atoms with Gasteiger partial charge < -0.3 is 15.6 Å². The number of rotatable bonds is 6. The lowest BCUT2D eigenvalue weighted by Gasteiger charge is -2.14. The van der Waals surface area contributed by atoms with Gasteiger partial charge in [0.15, 0.2) is 0 Å². The van der Waals surface area contributed by atoms with Crippen LogP contribution in [0.1, 0.15) is 41.5 Å². The molecule has 0 bridgehead atoms. The molecule has 3 N–H and O–H groups in total. The largest absolute Gasteiger partial charge is 0.361 e. The molecular weight excluding hydrogens is 306 g/mol. The van der Waals surface area contributed by atoms with E-state index in [0.717, 1.165) is 28.6 Å². The standard InChI is InChI=1S/C18H23N3.C4H10/c1-5-6-16(11-13(2)3)20-14(4)21-17-8-7-15-9-10-19-18(15)12-17;1-4(2)3/h5-13,19-21H,4H2,1-3H3;4H,1-3H3/b6-5-,16-11+;. The third kappa shape index (κ3) is 8.30. The van der Waals surface area contributed by atoms with Gasteiger partial charge >= 0.3 is 0 Å². The Morgan fingerprint density at radius 2 is 1.80 bits per heavy atom. The van der Waals surface area contributed by atoms with Crippen LogP contribution in [0.2, 0.25) is 0 Å².